The van der Waals surface area contributed by atoms with E-state index >= 15 is 0 Å². The van der Waals surface area contributed by atoms with Gasteiger partial charge in [-0.3, -0.25) is 9.69 Å². The summed E-state index contributed by atoms with van der Waals surface area (Å²) in [6.45, 7) is 2.02. The van der Waals surface area contributed by atoms with Gasteiger partial charge in [0.05, 0.1) is 13.1 Å². The van der Waals surface area contributed by atoms with Crippen LogP contribution in [0.15, 0.2) is 47.0 Å². The van der Waals surface area contributed by atoms with E-state index in [0.717, 1.165) is 36.0 Å². The highest BCUT2D eigenvalue weighted by molar-refractivity contribution is 5.91. The van der Waals surface area contributed by atoms with Gasteiger partial charge >= 0.3 is 6.09 Å². The summed E-state index contributed by atoms with van der Waals surface area (Å²) in [6, 6.07) is 12.3. The Labute approximate surface area is 184 Å². The third-order valence-corrected chi connectivity index (χ3v) is 5.89. The van der Waals surface area contributed by atoms with Gasteiger partial charge in [0.2, 0.25) is 5.91 Å². The van der Waals surface area contributed by atoms with Crippen LogP contribution < -0.4 is 10.2 Å². The number of aryl methyl sites for hydroxylation is 1. The van der Waals surface area contributed by atoms with Gasteiger partial charge < -0.3 is 14.6 Å². The molecule has 0 radical (unpaired) electrons. The van der Waals surface area contributed by atoms with Crippen LogP contribution in [0.3, 0.4) is 0 Å². The number of ether oxygens (including phenoxy) is 1. The highest BCUT2D eigenvalue weighted by Crippen LogP contribution is 2.40. The first-order chi connectivity index (χ1) is 15.5. The van der Waals surface area contributed by atoms with Crippen molar-refractivity contribution in [3.05, 3.63) is 59.4 Å². The van der Waals surface area contributed by atoms with Crippen LogP contribution in [0.5, 0.6) is 0 Å². The lowest BCUT2D eigenvalue weighted by molar-refractivity contribution is -0.119. The minimum absolute atomic E-state index is 0.173. The van der Waals surface area contributed by atoms with Crippen molar-refractivity contribution >= 4 is 17.7 Å². The van der Waals surface area contributed by atoms with Crippen molar-refractivity contribution in [1.82, 2.24) is 10.5 Å². The summed E-state index contributed by atoms with van der Waals surface area (Å²) in [6.07, 6.45) is 1.56. The number of anilines is 1. The van der Waals surface area contributed by atoms with Crippen LogP contribution in [-0.4, -0.2) is 36.4 Å². The van der Waals surface area contributed by atoms with Gasteiger partial charge in [-0.15, -0.1) is 0 Å². The molecular weight excluding hydrogens is 413 g/mol. The molecule has 1 aromatic heterocycles. The Morgan fingerprint density at radius 1 is 1.22 bits per heavy atom. The number of carbonyl (C=O) groups excluding carboxylic acids is 2. The van der Waals surface area contributed by atoms with Gasteiger partial charge in [-0.2, -0.15) is 0 Å². The van der Waals surface area contributed by atoms with E-state index in [9.17, 15) is 14.0 Å². The number of hydrogen-bond acceptors (Lipinski definition) is 5. The number of halogens is 1. The average molecular weight is 435 g/mol. The molecule has 0 saturated carbocycles. The van der Waals surface area contributed by atoms with E-state index in [0.29, 0.717) is 29.2 Å². The fraction of sp³-hybridized carbons (Fsp3) is 0.292. The summed E-state index contributed by atoms with van der Waals surface area (Å²) in [7, 11) is 0. The number of nitrogens with one attached hydrogen (secondary N) is 1. The number of nitrogens with zero attached hydrogens (tertiary/aromatic N) is 2. The van der Waals surface area contributed by atoms with Crippen molar-refractivity contribution in [3.63, 3.8) is 0 Å². The van der Waals surface area contributed by atoms with E-state index in [1.165, 1.54) is 13.0 Å². The Balaban J connectivity index is 1.49. The molecule has 1 N–H and O–H groups in total. The Morgan fingerprint density at radius 3 is 2.88 bits per heavy atom. The molecule has 1 aliphatic carbocycles. The molecule has 3 aromatic rings. The summed E-state index contributed by atoms with van der Waals surface area (Å²) >= 11 is 0. The first kappa shape index (κ1) is 20.2. The number of hydrogen-bond donors (Lipinski definition) is 1. The lowest BCUT2D eigenvalue weighted by Crippen LogP contribution is -2.33. The van der Waals surface area contributed by atoms with Crippen molar-refractivity contribution in [1.29, 1.82) is 0 Å². The van der Waals surface area contributed by atoms with Crippen molar-refractivity contribution in [3.8, 4) is 22.6 Å². The van der Waals surface area contributed by atoms with E-state index in [2.05, 4.69) is 10.5 Å². The minimum Gasteiger partial charge on any atom is -0.442 e. The number of carbonyl (C=O) groups is 2. The van der Waals surface area contributed by atoms with Crippen LogP contribution in [0.25, 0.3) is 22.6 Å². The molecule has 1 saturated heterocycles. The fourth-order valence-corrected chi connectivity index (χ4v) is 4.33. The van der Waals surface area contributed by atoms with Gasteiger partial charge in [-0.25, -0.2) is 9.18 Å². The monoisotopic (exact) mass is 435 g/mol. The molecule has 5 rings (SSSR count). The van der Waals surface area contributed by atoms with Crippen molar-refractivity contribution in [2.24, 2.45) is 0 Å². The van der Waals surface area contributed by atoms with Gasteiger partial charge in [0.25, 0.3) is 0 Å². The molecular formula is C24H22FN3O4. The highest BCUT2D eigenvalue weighted by Gasteiger charge is 2.33. The van der Waals surface area contributed by atoms with Gasteiger partial charge in [0.15, 0.2) is 5.76 Å². The van der Waals surface area contributed by atoms with Crippen LogP contribution in [-0.2, 0) is 22.4 Å². The van der Waals surface area contributed by atoms with Gasteiger partial charge in [-0.05, 0) is 49.1 Å². The van der Waals surface area contributed by atoms with Crippen molar-refractivity contribution in [2.45, 2.75) is 32.3 Å². The van der Waals surface area contributed by atoms with E-state index in [4.69, 9.17) is 9.26 Å². The zero-order valence-electron chi connectivity index (χ0n) is 17.6. The molecule has 0 bridgehead atoms. The number of benzene rings is 2. The van der Waals surface area contributed by atoms with E-state index in [1.807, 2.05) is 18.2 Å². The topological polar surface area (TPSA) is 84.7 Å². The predicted octanol–water partition coefficient (Wildman–Crippen LogP) is 4.10. The SMILES string of the molecule is CC(=O)NC[C@H]1CN(c2ccc3c(c2)-c2onc(-c4ccccc4F)c2CCC3)C(=O)O1. The molecule has 164 valence electrons. The van der Waals surface area contributed by atoms with Crippen molar-refractivity contribution in [2.75, 3.05) is 18.0 Å². The lowest BCUT2D eigenvalue weighted by Gasteiger charge is -2.15. The van der Waals surface area contributed by atoms with Crippen LogP contribution in [0.4, 0.5) is 14.9 Å². The normalized spacial score (nSPS) is 17.4. The summed E-state index contributed by atoms with van der Waals surface area (Å²) in [5, 5.41) is 6.88. The third-order valence-electron chi connectivity index (χ3n) is 5.89. The Bertz CT molecular complexity index is 1210. The Kier molecular flexibility index (Phi) is 5.13. The van der Waals surface area contributed by atoms with Crippen LogP contribution in [0, 0.1) is 5.82 Å². The molecule has 1 atom stereocenters. The van der Waals surface area contributed by atoms with Crippen LogP contribution in [0.2, 0.25) is 0 Å². The predicted molar refractivity (Wildman–Crippen MR) is 116 cm³/mol. The molecule has 2 aromatic carbocycles. The van der Waals surface area contributed by atoms with E-state index in [-0.39, 0.29) is 18.3 Å². The van der Waals surface area contributed by atoms with Crippen LogP contribution >= 0.6 is 0 Å². The summed E-state index contributed by atoms with van der Waals surface area (Å²) in [4.78, 5) is 25.2. The Hall–Kier alpha value is -3.68. The minimum atomic E-state index is -0.459. The molecule has 0 unspecified atom stereocenters. The van der Waals surface area contributed by atoms with Crippen LogP contribution in [0.1, 0.15) is 24.5 Å². The first-order valence-corrected chi connectivity index (χ1v) is 10.6. The second-order valence-electron chi connectivity index (χ2n) is 8.07. The standard InChI is InChI=1S/C24H22FN3O4/c1-14(29)26-12-17-13-28(24(30)31-17)16-10-9-15-5-4-7-19-22(18-6-2-3-8-21(18)25)27-32-23(19)20(15)11-16/h2-3,6,8-11,17H,4-5,7,12-13H2,1H3,(H,26,29)/t17-/m0/s1. The molecule has 2 amide bonds. The smallest absolute Gasteiger partial charge is 0.414 e. The maximum absolute atomic E-state index is 14.4. The molecule has 1 aliphatic heterocycles. The summed E-state index contributed by atoms with van der Waals surface area (Å²) < 4.78 is 25.5. The molecule has 0 spiro atoms. The second-order valence-corrected chi connectivity index (χ2v) is 8.07. The van der Waals surface area contributed by atoms with Gasteiger partial charge in [0, 0.05) is 29.3 Å². The van der Waals surface area contributed by atoms with Crippen molar-refractivity contribution < 1.29 is 23.2 Å². The average Bonchev–Trinajstić information content (AvgIpc) is 3.31. The molecule has 1 fully saturated rings. The molecule has 2 aliphatic rings. The van der Waals surface area contributed by atoms with E-state index in [1.54, 1.807) is 23.1 Å². The zero-order chi connectivity index (χ0) is 22.2. The maximum Gasteiger partial charge on any atom is 0.414 e. The number of aromatic nitrogens is 1. The second kappa shape index (κ2) is 8.11. The maximum atomic E-state index is 14.4. The molecule has 2 heterocycles. The lowest BCUT2D eigenvalue weighted by atomic mass is 9.99. The summed E-state index contributed by atoms with van der Waals surface area (Å²) in [5.74, 6) is 0.0971. The highest BCUT2D eigenvalue weighted by atomic mass is 19.1. The first-order valence-electron chi connectivity index (χ1n) is 10.6. The Morgan fingerprint density at radius 2 is 2.06 bits per heavy atom. The van der Waals surface area contributed by atoms with E-state index < -0.39 is 12.2 Å². The zero-order valence-corrected chi connectivity index (χ0v) is 17.6. The summed E-state index contributed by atoms with van der Waals surface area (Å²) in [5.41, 5.74) is 4.43. The quantitative estimate of drug-likeness (QED) is 0.667. The number of fused-ring (bicyclic) bond motifs is 3. The molecule has 8 heteroatoms. The number of amides is 2. The largest absolute Gasteiger partial charge is 0.442 e. The molecule has 32 heavy (non-hydrogen) atoms. The van der Waals surface area contributed by atoms with Gasteiger partial charge in [-0.1, -0.05) is 23.4 Å². The fourth-order valence-electron chi connectivity index (χ4n) is 4.33. The number of cyclic esters (lactones) is 1. The molecule has 7 nitrogen and oxygen atoms in total. The van der Waals surface area contributed by atoms with Gasteiger partial charge in [0.1, 0.15) is 17.6 Å². The number of rotatable bonds is 4. The third kappa shape index (κ3) is 3.62.